The first-order valence-corrected chi connectivity index (χ1v) is 2.96. The van der Waals surface area contributed by atoms with Gasteiger partial charge in [0.05, 0.1) is 6.07 Å². The van der Waals surface area contributed by atoms with Gasteiger partial charge in [-0.05, 0) is 6.42 Å². The van der Waals surface area contributed by atoms with E-state index in [9.17, 15) is 4.57 Å². The van der Waals surface area contributed by atoms with Gasteiger partial charge in [-0.25, -0.2) is 4.57 Å². The van der Waals surface area contributed by atoms with Crippen molar-refractivity contribution in [2.45, 2.75) is 19.4 Å². The molecule has 0 spiro atoms. The van der Waals surface area contributed by atoms with Crippen molar-refractivity contribution in [2.24, 2.45) is 0 Å². The first-order chi connectivity index (χ1) is 3.85. The van der Waals surface area contributed by atoms with Gasteiger partial charge in [0.1, 0.15) is 0 Å². The van der Waals surface area contributed by atoms with Gasteiger partial charge < -0.3 is 0 Å². The van der Waals surface area contributed by atoms with Crippen molar-refractivity contribution in [1.29, 1.82) is 5.26 Å². The van der Waals surface area contributed by atoms with Crippen LogP contribution in [0.1, 0.15) is 13.3 Å². The first-order valence-electron chi connectivity index (χ1n) is 2.23. The summed E-state index contributed by atoms with van der Waals surface area (Å²) in [5, 5.41) is 8.14. The zero-order valence-corrected chi connectivity index (χ0v) is 5.39. The zero-order valence-electron chi connectivity index (χ0n) is 4.50. The highest BCUT2D eigenvalue weighted by atomic mass is 31.1. The Balaban J connectivity index is 3.40. The molecule has 0 saturated carbocycles. The molecule has 44 valence electrons. The van der Waals surface area contributed by atoms with Crippen LogP contribution in [0, 0.1) is 11.3 Å². The number of hydrogen-bond donors (Lipinski definition) is 0. The Morgan fingerprint density at radius 2 is 2.62 bits per heavy atom. The van der Waals surface area contributed by atoms with Gasteiger partial charge in [-0.15, -0.1) is 0 Å². The monoisotopic (exact) mass is 131 g/mol. The smallest absolute Gasteiger partial charge is 0.276 e. The molecule has 4 heteroatoms. The van der Waals surface area contributed by atoms with Crippen LogP contribution in [0.2, 0.25) is 0 Å². The lowest BCUT2D eigenvalue weighted by molar-refractivity contribution is 0.276. The lowest BCUT2D eigenvalue weighted by Crippen LogP contribution is -2.00. The van der Waals surface area contributed by atoms with Crippen molar-refractivity contribution in [1.82, 2.24) is 0 Å². The third kappa shape index (κ3) is 2.68. The molecule has 0 amide bonds. The van der Waals surface area contributed by atoms with Gasteiger partial charge in [0, 0.05) is 0 Å². The lowest BCUT2D eigenvalue weighted by Gasteiger charge is -1.95. The third-order valence-corrected chi connectivity index (χ3v) is 1.03. The molecule has 0 radical (unpaired) electrons. The van der Waals surface area contributed by atoms with E-state index in [4.69, 9.17) is 5.26 Å². The molecule has 0 aliphatic heterocycles. The number of nitriles is 1. The van der Waals surface area contributed by atoms with Crippen LogP contribution in [-0.2, 0) is 9.09 Å². The summed E-state index contributed by atoms with van der Waals surface area (Å²) in [6.45, 7) is 1.79. The van der Waals surface area contributed by atoms with E-state index in [0.717, 1.165) is 0 Å². The molecule has 0 rings (SSSR count). The summed E-state index contributed by atoms with van der Waals surface area (Å²) in [6.07, 6.45) is 0.0558. The number of nitrogens with zero attached hydrogens (tertiary/aromatic N) is 1. The molecule has 0 aromatic carbocycles. The summed E-state index contributed by atoms with van der Waals surface area (Å²) in [7, 11) is -0.417. The van der Waals surface area contributed by atoms with Gasteiger partial charge in [0.2, 0.25) is 0 Å². The van der Waals surface area contributed by atoms with Crippen LogP contribution < -0.4 is 0 Å². The lowest BCUT2D eigenvalue weighted by atomic mass is 10.3. The van der Waals surface area contributed by atoms with Crippen LogP contribution in [0.3, 0.4) is 0 Å². The molecule has 0 bridgehead atoms. The Kier molecular flexibility index (Phi) is 4.44. The Labute approximate surface area is 49.5 Å². The number of rotatable bonds is 3. The molecule has 0 aliphatic carbocycles. The van der Waals surface area contributed by atoms with E-state index in [1.807, 2.05) is 6.07 Å². The van der Waals surface area contributed by atoms with E-state index in [1.165, 1.54) is 0 Å². The molecule has 0 heterocycles. The second-order valence-corrected chi connectivity index (χ2v) is 1.57. The van der Waals surface area contributed by atoms with E-state index in [1.54, 1.807) is 6.92 Å². The van der Waals surface area contributed by atoms with Crippen LogP contribution in [-0.4, -0.2) is 6.10 Å². The Morgan fingerprint density at radius 1 is 2.00 bits per heavy atom. The molecule has 8 heavy (non-hydrogen) atoms. The molecular weight excluding hydrogens is 125 g/mol. The van der Waals surface area contributed by atoms with Gasteiger partial charge in [-0.1, -0.05) is 6.92 Å². The topological polar surface area (TPSA) is 50.1 Å². The van der Waals surface area contributed by atoms with Gasteiger partial charge in [0.25, 0.3) is 0 Å². The summed E-state index contributed by atoms with van der Waals surface area (Å²) < 4.78 is 14.1. The molecule has 1 atom stereocenters. The maximum Gasteiger partial charge on any atom is 0.328 e. The van der Waals surface area contributed by atoms with Crippen LogP contribution in [0.4, 0.5) is 0 Å². The Hall–Kier alpha value is -0.450. The minimum atomic E-state index is -0.519. The SMILES string of the molecule is CCC(C#N)OP=O. The predicted octanol–water partition coefficient (Wildman–Crippen LogP) is 1.51. The average Bonchev–Trinajstić information content (AvgIpc) is 1.83. The highest BCUT2D eigenvalue weighted by Crippen LogP contribution is 2.04. The highest BCUT2D eigenvalue weighted by Gasteiger charge is 2.01. The van der Waals surface area contributed by atoms with Gasteiger partial charge in [0.15, 0.2) is 6.10 Å². The summed E-state index contributed by atoms with van der Waals surface area (Å²) in [5.41, 5.74) is 0. The van der Waals surface area contributed by atoms with Crippen LogP contribution in [0.15, 0.2) is 0 Å². The standard InChI is InChI=1S/C4H6NO2P/c1-2-4(3-5)7-8-6/h4H,2H2,1H3. The maximum absolute atomic E-state index is 9.66. The number of hydrogen-bond acceptors (Lipinski definition) is 3. The van der Waals surface area contributed by atoms with Crippen molar-refractivity contribution < 1.29 is 9.09 Å². The molecule has 3 nitrogen and oxygen atoms in total. The van der Waals surface area contributed by atoms with Crippen molar-refractivity contribution in [3.05, 3.63) is 0 Å². The Bertz CT molecular complexity index is 109. The highest BCUT2D eigenvalue weighted by molar-refractivity contribution is 7.17. The second kappa shape index (κ2) is 4.70. The van der Waals surface area contributed by atoms with Crippen molar-refractivity contribution in [3.63, 3.8) is 0 Å². The molecule has 1 unspecified atom stereocenters. The van der Waals surface area contributed by atoms with Crippen LogP contribution in [0.5, 0.6) is 0 Å². The molecule has 0 fully saturated rings. The molecular formula is C4H6NO2P. The fraction of sp³-hybridized carbons (Fsp3) is 0.750. The third-order valence-electron chi connectivity index (χ3n) is 0.685. The zero-order chi connectivity index (χ0) is 6.41. The minimum Gasteiger partial charge on any atom is -0.276 e. The molecule has 0 aromatic heterocycles. The fourth-order valence-corrected chi connectivity index (χ4v) is 0.541. The van der Waals surface area contributed by atoms with E-state index < -0.39 is 14.8 Å². The van der Waals surface area contributed by atoms with Crippen molar-refractivity contribution in [2.75, 3.05) is 0 Å². The quantitative estimate of drug-likeness (QED) is 0.545. The fourth-order valence-electron chi connectivity index (χ4n) is 0.241. The average molecular weight is 131 g/mol. The Morgan fingerprint density at radius 3 is 2.75 bits per heavy atom. The summed E-state index contributed by atoms with van der Waals surface area (Å²) in [6, 6.07) is 1.82. The predicted molar refractivity (Wildman–Crippen MR) is 28.4 cm³/mol. The van der Waals surface area contributed by atoms with Gasteiger partial charge in [-0.3, -0.25) is 4.52 Å². The molecule has 0 aromatic rings. The van der Waals surface area contributed by atoms with Crippen LogP contribution in [0.25, 0.3) is 0 Å². The maximum atomic E-state index is 9.66. The summed E-state index contributed by atoms with van der Waals surface area (Å²) in [4.78, 5) is 0. The largest absolute Gasteiger partial charge is 0.328 e. The van der Waals surface area contributed by atoms with Crippen molar-refractivity contribution in [3.8, 4) is 6.07 Å². The first kappa shape index (κ1) is 7.55. The van der Waals surface area contributed by atoms with E-state index in [-0.39, 0.29) is 0 Å². The normalized spacial score (nSPS) is 13.0. The van der Waals surface area contributed by atoms with Crippen molar-refractivity contribution >= 4 is 8.69 Å². The molecule has 0 aliphatic rings. The van der Waals surface area contributed by atoms with Crippen LogP contribution >= 0.6 is 8.69 Å². The van der Waals surface area contributed by atoms with Gasteiger partial charge in [-0.2, -0.15) is 5.26 Å². The van der Waals surface area contributed by atoms with E-state index in [0.29, 0.717) is 6.42 Å². The van der Waals surface area contributed by atoms with Gasteiger partial charge >= 0.3 is 8.69 Å². The summed E-state index contributed by atoms with van der Waals surface area (Å²) >= 11 is 0. The molecule has 0 N–H and O–H groups in total. The van der Waals surface area contributed by atoms with E-state index >= 15 is 0 Å². The summed E-state index contributed by atoms with van der Waals surface area (Å²) in [5.74, 6) is 0. The van der Waals surface area contributed by atoms with E-state index in [2.05, 4.69) is 4.52 Å². The minimum absolute atomic E-state index is 0.417. The second-order valence-electron chi connectivity index (χ2n) is 1.21. The molecule has 0 saturated heterocycles.